The van der Waals surface area contributed by atoms with Gasteiger partial charge in [-0.1, -0.05) is 60.1 Å². The van der Waals surface area contributed by atoms with E-state index in [1.165, 1.54) is 0 Å². The highest BCUT2D eigenvalue weighted by Crippen LogP contribution is 2.33. The normalized spacial score (nSPS) is 11.8. The quantitative estimate of drug-likeness (QED) is 0.588. The van der Waals surface area contributed by atoms with E-state index < -0.39 is 0 Å². The molecule has 0 N–H and O–H groups in total. The minimum atomic E-state index is -0.0756. The summed E-state index contributed by atoms with van der Waals surface area (Å²) < 4.78 is 0. The Morgan fingerprint density at radius 2 is 1.78 bits per heavy atom. The number of amides is 1. The highest BCUT2D eigenvalue weighted by atomic mass is 35.5. The van der Waals surface area contributed by atoms with E-state index in [1.54, 1.807) is 11.1 Å². The molecule has 3 nitrogen and oxygen atoms in total. The molecule has 138 valence electrons. The Kier molecular flexibility index (Phi) is 6.25. The summed E-state index contributed by atoms with van der Waals surface area (Å²) in [5.74, 6) is 0.00775. The lowest BCUT2D eigenvalue weighted by Gasteiger charge is -2.23. The van der Waals surface area contributed by atoms with Crippen LogP contribution in [-0.2, 0) is 11.3 Å². The maximum Gasteiger partial charge on any atom is 0.223 e. The Morgan fingerprint density at radius 3 is 2.48 bits per heavy atom. The lowest BCUT2D eigenvalue weighted by Crippen LogP contribution is -2.28. The van der Waals surface area contributed by atoms with Crippen LogP contribution in [0.2, 0.25) is 5.02 Å². The van der Waals surface area contributed by atoms with E-state index in [0.29, 0.717) is 18.0 Å². The van der Waals surface area contributed by atoms with Crippen molar-refractivity contribution in [2.24, 2.45) is 0 Å². The number of pyridine rings is 1. The Bertz CT molecular complexity index is 911. The first kappa shape index (κ1) is 19.1. The van der Waals surface area contributed by atoms with E-state index >= 15 is 0 Å². The summed E-state index contributed by atoms with van der Waals surface area (Å²) in [6.45, 7) is 2.58. The van der Waals surface area contributed by atoms with Crippen LogP contribution in [0.25, 0.3) is 0 Å². The van der Waals surface area contributed by atoms with E-state index in [0.717, 1.165) is 22.3 Å². The number of carbonyl (C=O) groups is 1. The Labute approximate surface area is 165 Å². The molecule has 3 aromatic rings. The van der Waals surface area contributed by atoms with E-state index in [-0.39, 0.29) is 11.8 Å². The lowest BCUT2D eigenvalue weighted by atomic mass is 9.88. The molecule has 0 bridgehead atoms. The van der Waals surface area contributed by atoms with Crippen molar-refractivity contribution in [3.8, 4) is 0 Å². The van der Waals surface area contributed by atoms with Gasteiger partial charge in [-0.15, -0.1) is 0 Å². The fourth-order valence-corrected chi connectivity index (χ4v) is 3.47. The highest BCUT2D eigenvalue weighted by molar-refractivity contribution is 6.31. The van der Waals surface area contributed by atoms with Crippen LogP contribution in [0.5, 0.6) is 0 Å². The molecular weight excluding hydrogens is 356 g/mol. The molecule has 0 spiro atoms. The third-order valence-corrected chi connectivity index (χ3v) is 5.18. The summed E-state index contributed by atoms with van der Waals surface area (Å²) in [7, 11) is 1.84. The molecule has 1 aromatic heterocycles. The Balaban J connectivity index is 1.83. The van der Waals surface area contributed by atoms with Gasteiger partial charge in [0.05, 0.1) is 0 Å². The van der Waals surface area contributed by atoms with Crippen molar-refractivity contribution in [2.45, 2.75) is 25.8 Å². The zero-order valence-electron chi connectivity index (χ0n) is 15.6. The van der Waals surface area contributed by atoms with Gasteiger partial charge in [-0.3, -0.25) is 9.78 Å². The summed E-state index contributed by atoms with van der Waals surface area (Å²) >= 11 is 6.45. The van der Waals surface area contributed by atoms with Crippen LogP contribution in [0, 0.1) is 6.92 Å². The standard InChI is InChI=1S/C23H23ClN2O/c1-17-15-25-13-12-19(17)16-26(2)23(27)14-21(18-8-4-3-5-9-18)20-10-6-7-11-22(20)24/h3-13,15,21H,14,16H2,1-2H3. The van der Waals surface area contributed by atoms with Crippen molar-refractivity contribution in [2.75, 3.05) is 7.05 Å². The van der Waals surface area contributed by atoms with E-state index in [4.69, 9.17) is 11.6 Å². The largest absolute Gasteiger partial charge is 0.341 e. The number of hydrogen-bond acceptors (Lipinski definition) is 2. The number of benzene rings is 2. The van der Waals surface area contributed by atoms with Crippen molar-refractivity contribution in [1.82, 2.24) is 9.88 Å². The maximum absolute atomic E-state index is 13.0. The van der Waals surface area contributed by atoms with Crippen LogP contribution in [-0.4, -0.2) is 22.8 Å². The summed E-state index contributed by atoms with van der Waals surface area (Å²) in [5.41, 5.74) is 4.26. The van der Waals surface area contributed by atoms with E-state index in [2.05, 4.69) is 4.98 Å². The zero-order chi connectivity index (χ0) is 19.2. The van der Waals surface area contributed by atoms with Crippen LogP contribution >= 0.6 is 11.6 Å². The molecule has 1 heterocycles. The molecule has 0 saturated carbocycles. The van der Waals surface area contributed by atoms with Crippen LogP contribution < -0.4 is 0 Å². The molecule has 4 heteroatoms. The third kappa shape index (κ3) is 4.75. The number of hydrogen-bond donors (Lipinski definition) is 0. The molecule has 3 rings (SSSR count). The molecule has 0 radical (unpaired) electrons. The number of nitrogens with zero attached hydrogens (tertiary/aromatic N) is 2. The molecule has 1 amide bonds. The molecule has 27 heavy (non-hydrogen) atoms. The highest BCUT2D eigenvalue weighted by Gasteiger charge is 2.22. The molecule has 0 aliphatic rings. The molecule has 2 aromatic carbocycles. The first-order chi connectivity index (χ1) is 13.1. The predicted molar refractivity (Wildman–Crippen MR) is 110 cm³/mol. The second kappa shape index (κ2) is 8.83. The van der Waals surface area contributed by atoms with Crippen molar-refractivity contribution in [3.05, 3.63) is 100 Å². The predicted octanol–water partition coefficient (Wildman–Crippen LogP) is 5.22. The van der Waals surface area contributed by atoms with E-state index in [1.807, 2.05) is 80.8 Å². The topological polar surface area (TPSA) is 33.2 Å². The molecule has 1 unspecified atom stereocenters. The van der Waals surface area contributed by atoms with Crippen molar-refractivity contribution >= 4 is 17.5 Å². The number of halogens is 1. The first-order valence-corrected chi connectivity index (χ1v) is 9.37. The van der Waals surface area contributed by atoms with Crippen LogP contribution in [0.1, 0.15) is 34.6 Å². The summed E-state index contributed by atoms with van der Waals surface area (Å²) in [6, 6.07) is 19.8. The molecule has 0 aliphatic carbocycles. The number of carbonyl (C=O) groups excluding carboxylic acids is 1. The van der Waals surface area contributed by atoms with Gasteiger partial charge < -0.3 is 4.90 Å². The molecule has 1 atom stereocenters. The van der Waals surface area contributed by atoms with Crippen LogP contribution in [0.15, 0.2) is 73.1 Å². The minimum absolute atomic E-state index is 0.0756. The van der Waals surface area contributed by atoms with Crippen molar-refractivity contribution < 1.29 is 4.79 Å². The van der Waals surface area contributed by atoms with Crippen LogP contribution in [0.3, 0.4) is 0 Å². The summed E-state index contributed by atoms with van der Waals surface area (Å²) in [4.78, 5) is 18.9. The summed E-state index contributed by atoms with van der Waals surface area (Å²) in [6.07, 6.45) is 3.95. The third-order valence-electron chi connectivity index (χ3n) is 4.83. The van der Waals surface area contributed by atoms with Crippen LogP contribution in [0.4, 0.5) is 0 Å². The van der Waals surface area contributed by atoms with Gasteiger partial charge in [-0.25, -0.2) is 0 Å². The number of rotatable bonds is 6. The van der Waals surface area contributed by atoms with Gasteiger partial charge >= 0.3 is 0 Å². The molecule has 0 aliphatic heterocycles. The SMILES string of the molecule is Cc1cnccc1CN(C)C(=O)CC(c1ccccc1)c1ccccc1Cl. The average Bonchev–Trinajstić information content (AvgIpc) is 2.69. The van der Waals surface area contributed by atoms with Gasteiger partial charge in [0, 0.05) is 43.3 Å². The smallest absolute Gasteiger partial charge is 0.223 e. The molecular formula is C23H23ClN2O. The van der Waals surface area contributed by atoms with Gasteiger partial charge in [0.1, 0.15) is 0 Å². The monoisotopic (exact) mass is 378 g/mol. The fraction of sp³-hybridized carbons (Fsp3) is 0.217. The Hall–Kier alpha value is -2.65. The van der Waals surface area contributed by atoms with Gasteiger partial charge in [0.15, 0.2) is 0 Å². The van der Waals surface area contributed by atoms with Crippen molar-refractivity contribution in [1.29, 1.82) is 0 Å². The molecule has 0 fully saturated rings. The number of aromatic nitrogens is 1. The van der Waals surface area contributed by atoms with E-state index in [9.17, 15) is 4.79 Å². The molecule has 0 saturated heterocycles. The van der Waals surface area contributed by atoms with Gasteiger partial charge in [0.25, 0.3) is 0 Å². The Morgan fingerprint density at radius 1 is 1.07 bits per heavy atom. The van der Waals surface area contributed by atoms with Gasteiger partial charge in [-0.05, 0) is 41.3 Å². The first-order valence-electron chi connectivity index (χ1n) is 8.99. The van der Waals surface area contributed by atoms with Gasteiger partial charge in [-0.2, -0.15) is 0 Å². The second-order valence-electron chi connectivity index (χ2n) is 6.74. The maximum atomic E-state index is 13.0. The minimum Gasteiger partial charge on any atom is -0.341 e. The average molecular weight is 379 g/mol. The zero-order valence-corrected chi connectivity index (χ0v) is 16.4. The van der Waals surface area contributed by atoms with Gasteiger partial charge in [0.2, 0.25) is 5.91 Å². The second-order valence-corrected chi connectivity index (χ2v) is 7.15. The number of aryl methyl sites for hydroxylation is 1. The fourth-order valence-electron chi connectivity index (χ4n) is 3.20. The lowest BCUT2D eigenvalue weighted by molar-refractivity contribution is -0.130. The van der Waals surface area contributed by atoms with Crippen molar-refractivity contribution in [3.63, 3.8) is 0 Å². The summed E-state index contributed by atoms with van der Waals surface area (Å²) in [5, 5.41) is 0.687.